The Kier molecular flexibility index (Phi) is 5.14. The number of nitrogens with one attached hydrogen (secondary N) is 1. The molecule has 6 nitrogen and oxygen atoms in total. The number of furan rings is 1. The lowest BCUT2D eigenvalue weighted by Crippen LogP contribution is -2.50. The maximum absolute atomic E-state index is 12.3. The van der Waals surface area contributed by atoms with Gasteiger partial charge in [0, 0.05) is 37.2 Å². The first kappa shape index (κ1) is 17.5. The lowest BCUT2D eigenvalue weighted by Gasteiger charge is -2.40. The quantitative estimate of drug-likeness (QED) is 0.890. The summed E-state index contributed by atoms with van der Waals surface area (Å²) in [4.78, 5) is 25.8. The van der Waals surface area contributed by atoms with Gasteiger partial charge >= 0.3 is 5.97 Å². The molecule has 2 rings (SSSR count). The Balaban J connectivity index is 1.97. The summed E-state index contributed by atoms with van der Waals surface area (Å²) in [6.07, 6.45) is 2.21. The Hall–Kier alpha value is -1.82. The zero-order chi connectivity index (χ0) is 17.2. The zero-order valence-electron chi connectivity index (χ0n) is 14.3. The predicted octanol–water partition coefficient (Wildman–Crippen LogP) is 2.53. The van der Waals surface area contributed by atoms with Gasteiger partial charge in [0.25, 0.3) is 5.91 Å². The summed E-state index contributed by atoms with van der Waals surface area (Å²) in [6, 6.07) is 1.42. The Morgan fingerprint density at radius 1 is 1.35 bits per heavy atom. The van der Waals surface area contributed by atoms with Gasteiger partial charge in [0.05, 0.1) is 0 Å². The number of piperidine rings is 1. The van der Waals surface area contributed by atoms with E-state index >= 15 is 0 Å². The molecule has 0 saturated carbocycles. The normalized spacial score (nSPS) is 17.2. The molecule has 2 N–H and O–H groups in total. The van der Waals surface area contributed by atoms with Gasteiger partial charge in [-0.15, -0.1) is 0 Å². The Morgan fingerprint density at radius 3 is 2.39 bits per heavy atom. The lowest BCUT2D eigenvalue weighted by atomic mass is 9.98. The van der Waals surface area contributed by atoms with Crippen molar-refractivity contribution in [2.75, 3.05) is 13.1 Å². The largest absolute Gasteiger partial charge is 0.478 e. The average molecular weight is 322 g/mol. The van der Waals surface area contributed by atoms with Crippen LogP contribution in [-0.4, -0.2) is 46.6 Å². The Morgan fingerprint density at radius 2 is 1.96 bits per heavy atom. The SMILES string of the molecule is CCc1oc(C(=O)NC2CCN(C(C)(C)C)CC2)cc1C(=O)O. The molecule has 23 heavy (non-hydrogen) atoms. The van der Waals surface area contributed by atoms with E-state index in [1.165, 1.54) is 6.07 Å². The molecule has 0 aliphatic carbocycles. The summed E-state index contributed by atoms with van der Waals surface area (Å²) in [5.74, 6) is -0.979. The molecule has 1 aliphatic rings. The van der Waals surface area contributed by atoms with Gasteiger partial charge in [-0.05, 0) is 33.6 Å². The smallest absolute Gasteiger partial charge is 0.339 e. The lowest BCUT2D eigenvalue weighted by molar-refractivity contribution is 0.0693. The summed E-state index contributed by atoms with van der Waals surface area (Å²) in [6.45, 7) is 10.2. The molecule has 128 valence electrons. The number of carboxylic acids is 1. The number of aryl methyl sites for hydroxylation is 1. The highest BCUT2D eigenvalue weighted by Crippen LogP contribution is 2.21. The van der Waals surface area contributed by atoms with Gasteiger partial charge in [0.1, 0.15) is 11.3 Å². The van der Waals surface area contributed by atoms with Crippen LogP contribution in [0.5, 0.6) is 0 Å². The van der Waals surface area contributed by atoms with Crippen molar-refractivity contribution in [2.24, 2.45) is 0 Å². The molecule has 0 radical (unpaired) electrons. The van der Waals surface area contributed by atoms with Gasteiger partial charge in [-0.3, -0.25) is 9.69 Å². The highest BCUT2D eigenvalue weighted by atomic mass is 16.4. The van der Waals surface area contributed by atoms with Crippen molar-refractivity contribution < 1.29 is 19.1 Å². The fourth-order valence-electron chi connectivity index (χ4n) is 2.94. The van der Waals surface area contributed by atoms with E-state index in [1.807, 2.05) is 0 Å². The molecule has 1 saturated heterocycles. The van der Waals surface area contributed by atoms with Gasteiger partial charge in [-0.25, -0.2) is 4.79 Å². The predicted molar refractivity (Wildman–Crippen MR) is 86.9 cm³/mol. The monoisotopic (exact) mass is 322 g/mol. The second-order valence-corrected chi connectivity index (χ2v) is 7.01. The van der Waals surface area contributed by atoms with Crippen molar-refractivity contribution in [3.63, 3.8) is 0 Å². The molecule has 0 atom stereocenters. The number of hydrogen-bond acceptors (Lipinski definition) is 4. The average Bonchev–Trinajstić information content (AvgIpc) is 2.91. The van der Waals surface area contributed by atoms with Gasteiger partial charge < -0.3 is 14.8 Å². The number of nitrogens with zero attached hydrogens (tertiary/aromatic N) is 1. The minimum atomic E-state index is -1.07. The first-order valence-electron chi connectivity index (χ1n) is 8.14. The van der Waals surface area contributed by atoms with Crippen LogP contribution in [0.15, 0.2) is 10.5 Å². The minimum Gasteiger partial charge on any atom is -0.478 e. The number of amides is 1. The molecule has 1 amide bonds. The summed E-state index contributed by atoms with van der Waals surface area (Å²) in [5.41, 5.74) is 0.211. The highest BCUT2D eigenvalue weighted by molar-refractivity contribution is 5.96. The Labute approximate surface area is 136 Å². The number of hydrogen-bond donors (Lipinski definition) is 2. The van der Waals surface area contributed by atoms with Crippen LogP contribution in [0.4, 0.5) is 0 Å². The van der Waals surface area contributed by atoms with Crippen LogP contribution < -0.4 is 5.32 Å². The number of carbonyl (C=O) groups is 2. The first-order chi connectivity index (χ1) is 10.7. The van der Waals surface area contributed by atoms with Crippen molar-refractivity contribution in [3.05, 3.63) is 23.2 Å². The first-order valence-corrected chi connectivity index (χ1v) is 8.14. The van der Waals surface area contributed by atoms with Crippen LogP contribution in [0.3, 0.4) is 0 Å². The molecule has 0 aromatic carbocycles. The van der Waals surface area contributed by atoms with Crippen molar-refractivity contribution in [1.29, 1.82) is 0 Å². The molecular formula is C17H26N2O4. The molecule has 0 spiro atoms. The van der Waals surface area contributed by atoms with Crippen LogP contribution in [0, 0.1) is 0 Å². The van der Waals surface area contributed by atoms with Crippen LogP contribution in [0.2, 0.25) is 0 Å². The van der Waals surface area contributed by atoms with Crippen molar-refractivity contribution >= 4 is 11.9 Å². The van der Waals surface area contributed by atoms with Crippen LogP contribution in [-0.2, 0) is 6.42 Å². The van der Waals surface area contributed by atoms with Gasteiger partial charge in [0.2, 0.25) is 0 Å². The second kappa shape index (κ2) is 6.74. The van der Waals surface area contributed by atoms with Crippen molar-refractivity contribution in [1.82, 2.24) is 10.2 Å². The molecular weight excluding hydrogens is 296 g/mol. The summed E-state index contributed by atoms with van der Waals surface area (Å²) >= 11 is 0. The summed E-state index contributed by atoms with van der Waals surface area (Å²) < 4.78 is 5.40. The number of carboxylic acid groups (broad SMARTS) is 1. The third-order valence-corrected chi connectivity index (χ3v) is 4.36. The summed E-state index contributed by atoms with van der Waals surface area (Å²) in [7, 11) is 0. The summed E-state index contributed by atoms with van der Waals surface area (Å²) in [5, 5.41) is 12.1. The molecule has 2 heterocycles. The van der Waals surface area contributed by atoms with Gasteiger partial charge in [0.15, 0.2) is 5.76 Å². The molecule has 1 fully saturated rings. The maximum Gasteiger partial charge on any atom is 0.339 e. The van der Waals surface area contributed by atoms with E-state index in [0.717, 1.165) is 25.9 Å². The maximum atomic E-state index is 12.3. The number of rotatable bonds is 4. The van der Waals surface area contributed by atoms with Crippen LogP contribution in [0.1, 0.15) is 67.2 Å². The molecule has 1 aromatic rings. The van der Waals surface area contributed by atoms with E-state index in [1.54, 1.807) is 6.92 Å². The molecule has 0 bridgehead atoms. The molecule has 1 aliphatic heterocycles. The third-order valence-electron chi connectivity index (χ3n) is 4.36. The number of aromatic carboxylic acids is 1. The molecule has 0 unspecified atom stereocenters. The number of likely N-dealkylation sites (tertiary alicyclic amines) is 1. The van der Waals surface area contributed by atoms with Gasteiger partial charge in [-0.2, -0.15) is 0 Å². The molecule has 1 aromatic heterocycles. The zero-order valence-corrected chi connectivity index (χ0v) is 14.3. The van der Waals surface area contributed by atoms with E-state index in [9.17, 15) is 9.59 Å². The van der Waals surface area contributed by atoms with E-state index in [0.29, 0.717) is 12.2 Å². The van der Waals surface area contributed by atoms with Crippen molar-refractivity contribution in [2.45, 2.75) is 58.5 Å². The van der Waals surface area contributed by atoms with E-state index in [-0.39, 0.29) is 28.8 Å². The fraction of sp³-hybridized carbons (Fsp3) is 0.647. The van der Waals surface area contributed by atoms with E-state index < -0.39 is 5.97 Å². The van der Waals surface area contributed by atoms with Crippen LogP contribution in [0.25, 0.3) is 0 Å². The third kappa shape index (κ3) is 4.13. The van der Waals surface area contributed by atoms with E-state index in [4.69, 9.17) is 9.52 Å². The fourth-order valence-corrected chi connectivity index (χ4v) is 2.94. The molecule has 6 heteroatoms. The van der Waals surface area contributed by atoms with Crippen LogP contribution >= 0.6 is 0 Å². The van der Waals surface area contributed by atoms with Gasteiger partial charge in [-0.1, -0.05) is 6.92 Å². The second-order valence-electron chi connectivity index (χ2n) is 7.01. The van der Waals surface area contributed by atoms with E-state index in [2.05, 4.69) is 31.0 Å². The van der Waals surface area contributed by atoms with Crippen molar-refractivity contribution in [3.8, 4) is 0 Å². The standard InChI is InChI=1S/C17H26N2O4/c1-5-13-12(16(21)22)10-14(23-13)15(20)18-11-6-8-19(9-7-11)17(2,3)4/h10-11H,5-9H2,1-4H3,(H,18,20)(H,21,22). The topological polar surface area (TPSA) is 82.8 Å². The number of carbonyl (C=O) groups excluding carboxylic acids is 1. The highest BCUT2D eigenvalue weighted by Gasteiger charge is 2.28. The minimum absolute atomic E-state index is 0.0696. The Bertz CT molecular complexity index is 578.